The van der Waals surface area contributed by atoms with Crippen LogP contribution in [0.2, 0.25) is 0 Å². The molecule has 1 aliphatic rings. The van der Waals surface area contributed by atoms with Gasteiger partial charge in [0.25, 0.3) is 5.91 Å². The topological polar surface area (TPSA) is 83.6 Å². The molecular formula is C22H28N4O3. The number of rotatable bonds is 5. The van der Waals surface area contributed by atoms with E-state index in [0.717, 1.165) is 16.9 Å². The Kier molecular flexibility index (Phi) is 6.69. The van der Waals surface area contributed by atoms with Crippen molar-refractivity contribution in [3.05, 3.63) is 53.3 Å². The number of ether oxygens (including phenoxy) is 1. The largest absolute Gasteiger partial charge is 0.450 e. The van der Waals surface area contributed by atoms with E-state index >= 15 is 0 Å². The van der Waals surface area contributed by atoms with Crippen LogP contribution in [0.3, 0.4) is 0 Å². The van der Waals surface area contributed by atoms with Crippen LogP contribution in [-0.2, 0) is 4.74 Å². The number of amides is 2. The van der Waals surface area contributed by atoms with E-state index in [2.05, 4.69) is 35.5 Å². The normalized spacial score (nSPS) is 14.4. The van der Waals surface area contributed by atoms with Gasteiger partial charge in [-0.3, -0.25) is 9.78 Å². The molecule has 1 aromatic heterocycles. The first-order chi connectivity index (χ1) is 14.0. The third-order valence-electron chi connectivity index (χ3n) is 5.24. The van der Waals surface area contributed by atoms with Crippen LogP contribution in [0.5, 0.6) is 0 Å². The molecule has 0 atom stereocenters. The van der Waals surface area contributed by atoms with Crippen LogP contribution in [0.25, 0.3) is 0 Å². The summed E-state index contributed by atoms with van der Waals surface area (Å²) in [4.78, 5) is 30.3. The fourth-order valence-electron chi connectivity index (χ4n) is 3.36. The molecule has 0 aliphatic carbocycles. The Labute approximate surface area is 171 Å². The van der Waals surface area contributed by atoms with Gasteiger partial charge in [0.05, 0.1) is 24.1 Å². The van der Waals surface area contributed by atoms with Crippen molar-refractivity contribution in [3.63, 3.8) is 0 Å². The van der Waals surface area contributed by atoms with Crippen molar-refractivity contribution in [2.75, 3.05) is 25.0 Å². The first kappa shape index (κ1) is 20.6. The SMILES string of the molecule is CCOC(=O)N1CCC(NC(=O)c2cncc(Nc3cccc(C)c3C)c2)CC1. The maximum absolute atomic E-state index is 12.7. The van der Waals surface area contributed by atoms with Gasteiger partial charge in [0.1, 0.15) is 0 Å². The van der Waals surface area contributed by atoms with Gasteiger partial charge in [-0.05, 0) is 56.9 Å². The summed E-state index contributed by atoms with van der Waals surface area (Å²) in [6.07, 6.45) is 4.40. The van der Waals surface area contributed by atoms with Crippen molar-refractivity contribution < 1.29 is 14.3 Å². The summed E-state index contributed by atoms with van der Waals surface area (Å²) in [7, 11) is 0. The lowest BCUT2D eigenvalue weighted by atomic mass is 10.0. The molecule has 3 rings (SSSR count). The van der Waals surface area contributed by atoms with Gasteiger partial charge in [-0.15, -0.1) is 0 Å². The zero-order chi connectivity index (χ0) is 20.8. The van der Waals surface area contributed by atoms with Gasteiger partial charge >= 0.3 is 6.09 Å². The molecule has 29 heavy (non-hydrogen) atoms. The van der Waals surface area contributed by atoms with Gasteiger partial charge in [0, 0.05) is 31.0 Å². The van der Waals surface area contributed by atoms with Gasteiger partial charge in [0.15, 0.2) is 0 Å². The molecule has 0 saturated carbocycles. The molecule has 7 nitrogen and oxygen atoms in total. The second-order valence-corrected chi connectivity index (χ2v) is 7.27. The second-order valence-electron chi connectivity index (χ2n) is 7.27. The third-order valence-corrected chi connectivity index (χ3v) is 5.24. The van der Waals surface area contributed by atoms with E-state index < -0.39 is 0 Å². The quantitative estimate of drug-likeness (QED) is 0.803. The zero-order valence-corrected chi connectivity index (χ0v) is 17.2. The Hall–Kier alpha value is -3.09. The summed E-state index contributed by atoms with van der Waals surface area (Å²) in [5.74, 6) is -0.156. The Morgan fingerprint density at radius 3 is 2.69 bits per heavy atom. The predicted octanol–water partition coefficient (Wildman–Crippen LogP) is 3.79. The average Bonchev–Trinajstić information content (AvgIpc) is 2.72. The van der Waals surface area contributed by atoms with Crippen molar-refractivity contribution in [1.82, 2.24) is 15.2 Å². The number of benzene rings is 1. The summed E-state index contributed by atoms with van der Waals surface area (Å²) < 4.78 is 5.03. The number of pyridine rings is 1. The number of hydrogen-bond donors (Lipinski definition) is 2. The molecule has 1 aromatic carbocycles. The molecule has 7 heteroatoms. The molecule has 1 saturated heterocycles. The van der Waals surface area contributed by atoms with E-state index in [1.807, 2.05) is 12.1 Å². The van der Waals surface area contributed by atoms with Crippen molar-refractivity contribution in [2.24, 2.45) is 0 Å². The molecule has 0 radical (unpaired) electrons. The van der Waals surface area contributed by atoms with Gasteiger partial charge in [-0.25, -0.2) is 4.79 Å². The maximum Gasteiger partial charge on any atom is 0.409 e. The fourth-order valence-corrected chi connectivity index (χ4v) is 3.36. The molecular weight excluding hydrogens is 368 g/mol. The Morgan fingerprint density at radius 2 is 1.97 bits per heavy atom. The second kappa shape index (κ2) is 9.41. The summed E-state index contributed by atoms with van der Waals surface area (Å²) in [5, 5.41) is 6.39. The number of hydrogen-bond acceptors (Lipinski definition) is 5. The lowest BCUT2D eigenvalue weighted by Gasteiger charge is -2.31. The number of likely N-dealkylation sites (tertiary alicyclic amines) is 1. The number of anilines is 2. The molecule has 0 spiro atoms. The number of nitrogens with zero attached hydrogens (tertiary/aromatic N) is 2. The van der Waals surface area contributed by atoms with Crippen molar-refractivity contribution in [2.45, 2.75) is 39.7 Å². The summed E-state index contributed by atoms with van der Waals surface area (Å²) in [6.45, 7) is 7.45. The molecule has 2 aromatic rings. The summed E-state index contributed by atoms with van der Waals surface area (Å²) in [6, 6.07) is 7.90. The number of aromatic nitrogens is 1. The highest BCUT2D eigenvalue weighted by Crippen LogP contribution is 2.23. The van der Waals surface area contributed by atoms with E-state index in [1.165, 1.54) is 5.56 Å². The zero-order valence-electron chi connectivity index (χ0n) is 17.2. The molecule has 2 heterocycles. The molecule has 154 valence electrons. The van der Waals surface area contributed by atoms with Crippen LogP contribution in [0.15, 0.2) is 36.7 Å². The summed E-state index contributed by atoms with van der Waals surface area (Å²) in [5.41, 5.74) is 4.63. The Balaban J connectivity index is 1.59. The van der Waals surface area contributed by atoms with E-state index in [4.69, 9.17) is 4.74 Å². The monoisotopic (exact) mass is 396 g/mol. The Bertz CT molecular complexity index is 876. The van der Waals surface area contributed by atoms with Crippen LogP contribution in [0.1, 0.15) is 41.3 Å². The standard InChI is InChI=1S/C22H28N4O3/c1-4-29-22(28)26-10-8-18(9-11-26)25-21(27)17-12-19(14-23-13-17)24-20-7-5-6-15(2)16(20)3/h5-7,12-14,18,24H,4,8-11H2,1-3H3,(H,25,27). The highest BCUT2D eigenvalue weighted by molar-refractivity contribution is 5.95. The van der Waals surface area contributed by atoms with Gasteiger partial charge in [0.2, 0.25) is 0 Å². The van der Waals surface area contributed by atoms with Crippen molar-refractivity contribution >= 4 is 23.4 Å². The van der Waals surface area contributed by atoms with Crippen LogP contribution in [0.4, 0.5) is 16.2 Å². The van der Waals surface area contributed by atoms with Crippen LogP contribution < -0.4 is 10.6 Å². The minimum Gasteiger partial charge on any atom is -0.450 e. The number of nitrogens with one attached hydrogen (secondary N) is 2. The fraction of sp³-hybridized carbons (Fsp3) is 0.409. The molecule has 1 aliphatic heterocycles. The van der Waals surface area contributed by atoms with E-state index in [1.54, 1.807) is 30.3 Å². The summed E-state index contributed by atoms with van der Waals surface area (Å²) >= 11 is 0. The number of aryl methyl sites for hydroxylation is 1. The lowest BCUT2D eigenvalue weighted by Crippen LogP contribution is -2.46. The van der Waals surface area contributed by atoms with Crippen molar-refractivity contribution in [1.29, 1.82) is 0 Å². The number of carbonyl (C=O) groups excluding carboxylic acids is 2. The number of carbonyl (C=O) groups is 2. The number of piperidine rings is 1. The molecule has 0 unspecified atom stereocenters. The highest BCUT2D eigenvalue weighted by atomic mass is 16.6. The average molecular weight is 396 g/mol. The first-order valence-electron chi connectivity index (χ1n) is 9.98. The first-order valence-corrected chi connectivity index (χ1v) is 9.98. The smallest absolute Gasteiger partial charge is 0.409 e. The van der Waals surface area contributed by atoms with Gasteiger partial charge < -0.3 is 20.3 Å². The van der Waals surface area contributed by atoms with Gasteiger partial charge in [-0.1, -0.05) is 12.1 Å². The van der Waals surface area contributed by atoms with E-state index in [0.29, 0.717) is 38.1 Å². The molecule has 0 bridgehead atoms. The van der Waals surface area contributed by atoms with Crippen LogP contribution in [-0.4, -0.2) is 47.6 Å². The van der Waals surface area contributed by atoms with E-state index in [-0.39, 0.29) is 18.0 Å². The minimum atomic E-state index is -0.285. The molecule has 2 N–H and O–H groups in total. The van der Waals surface area contributed by atoms with Crippen LogP contribution in [0, 0.1) is 13.8 Å². The van der Waals surface area contributed by atoms with E-state index in [9.17, 15) is 9.59 Å². The minimum absolute atomic E-state index is 0.0313. The lowest BCUT2D eigenvalue weighted by molar-refractivity contribution is 0.0860. The third kappa shape index (κ3) is 5.25. The highest BCUT2D eigenvalue weighted by Gasteiger charge is 2.25. The molecule has 1 fully saturated rings. The predicted molar refractivity (Wildman–Crippen MR) is 113 cm³/mol. The Morgan fingerprint density at radius 1 is 1.21 bits per heavy atom. The van der Waals surface area contributed by atoms with Crippen molar-refractivity contribution in [3.8, 4) is 0 Å². The maximum atomic E-state index is 12.7. The molecule has 2 amide bonds. The van der Waals surface area contributed by atoms with Gasteiger partial charge in [-0.2, -0.15) is 0 Å². The van der Waals surface area contributed by atoms with Crippen LogP contribution >= 0.6 is 0 Å².